The van der Waals surface area contributed by atoms with Crippen molar-refractivity contribution in [2.45, 2.75) is 25.9 Å². The zero-order valence-electron chi connectivity index (χ0n) is 14.9. The fourth-order valence-corrected chi connectivity index (χ4v) is 2.77. The molecule has 1 aromatic rings. The topological polar surface area (TPSA) is 78.9 Å². The third-order valence-corrected chi connectivity index (χ3v) is 4.34. The Hall–Kier alpha value is -2.41. The van der Waals surface area contributed by atoms with Gasteiger partial charge >= 0.3 is 5.97 Å². The number of likely N-dealkylation sites (N-methyl/N-ethyl adjacent to an activating group) is 1. The molecule has 1 saturated heterocycles. The van der Waals surface area contributed by atoms with Crippen LogP contribution in [0, 0.1) is 6.92 Å². The monoisotopic (exact) mass is 347 g/mol. The number of carbonyl (C=O) groups is 3. The first-order valence-electron chi connectivity index (χ1n) is 8.28. The second kappa shape index (κ2) is 8.62. The van der Waals surface area contributed by atoms with Crippen LogP contribution in [-0.2, 0) is 25.7 Å². The van der Waals surface area contributed by atoms with Crippen LogP contribution in [-0.4, -0.2) is 67.4 Å². The highest BCUT2D eigenvalue weighted by Gasteiger charge is 2.32. The summed E-state index contributed by atoms with van der Waals surface area (Å²) >= 11 is 0. The largest absolute Gasteiger partial charge is 0.468 e. The third kappa shape index (κ3) is 5.29. The standard InChI is InChI=1S/C18H25N3O4/c1-13-4-6-14(7-5-13)11-21-9-8-19-18(24)15(21)10-16(22)20(2)12-17(23)25-3/h4-7,15H,8-12H2,1-3H3,(H,19,24). The van der Waals surface area contributed by atoms with Crippen LogP contribution < -0.4 is 5.32 Å². The van der Waals surface area contributed by atoms with Crippen LogP contribution in [0.5, 0.6) is 0 Å². The molecule has 0 aliphatic carbocycles. The van der Waals surface area contributed by atoms with Crippen LogP contribution in [0.3, 0.4) is 0 Å². The number of piperazine rings is 1. The second-order valence-corrected chi connectivity index (χ2v) is 6.29. The molecule has 1 N–H and O–H groups in total. The SMILES string of the molecule is COC(=O)CN(C)C(=O)CC1C(=O)NCCN1Cc1ccc(C)cc1. The van der Waals surface area contributed by atoms with Crippen molar-refractivity contribution < 1.29 is 19.1 Å². The van der Waals surface area contributed by atoms with E-state index in [0.717, 1.165) is 5.56 Å². The number of aryl methyl sites for hydroxylation is 1. The van der Waals surface area contributed by atoms with Gasteiger partial charge in [-0.3, -0.25) is 19.3 Å². The highest BCUT2D eigenvalue weighted by atomic mass is 16.5. The molecule has 1 unspecified atom stereocenters. The van der Waals surface area contributed by atoms with Gasteiger partial charge in [0.1, 0.15) is 6.54 Å². The second-order valence-electron chi connectivity index (χ2n) is 6.29. The third-order valence-electron chi connectivity index (χ3n) is 4.34. The average Bonchev–Trinajstić information content (AvgIpc) is 2.59. The Morgan fingerprint density at radius 2 is 2.00 bits per heavy atom. The number of amides is 2. The van der Waals surface area contributed by atoms with Crippen molar-refractivity contribution in [3.63, 3.8) is 0 Å². The minimum atomic E-state index is -0.539. The summed E-state index contributed by atoms with van der Waals surface area (Å²) in [5, 5.41) is 2.81. The molecule has 7 nitrogen and oxygen atoms in total. The molecule has 1 aliphatic rings. The Morgan fingerprint density at radius 3 is 2.64 bits per heavy atom. The van der Waals surface area contributed by atoms with Crippen LogP contribution in [0.2, 0.25) is 0 Å². The number of esters is 1. The van der Waals surface area contributed by atoms with E-state index in [-0.39, 0.29) is 24.8 Å². The molecule has 1 fully saturated rings. The number of rotatable bonds is 6. The van der Waals surface area contributed by atoms with E-state index >= 15 is 0 Å². The molecule has 2 rings (SSSR count). The van der Waals surface area contributed by atoms with Gasteiger partial charge in [-0.1, -0.05) is 29.8 Å². The molecule has 25 heavy (non-hydrogen) atoms. The summed E-state index contributed by atoms with van der Waals surface area (Å²) in [6, 6.07) is 7.59. The number of carbonyl (C=O) groups excluding carboxylic acids is 3. The lowest BCUT2D eigenvalue weighted by atomic mass is 10.1. The van der Waals surface area contributed by atoms with Crippen molar-refractivity contribution in [3.05, 3.63) is 35.4 Å². The zero-order valence-corrected chi connectivity index (χ0v) is 14.9. The Balaban J connectivity index is 2.03. The normalized spacial score (nSPS) is 17.7. The van der Waals surface area contributed by atoms with E-state index in [1.807, 2.05) is 36.1 Å². The van der Waals surface area contributed by atoms with Gasteiger partial charge in [-0.05, 0) is 12.5 Å². The first-order valence-corrected chi connectivity index (χ1v) is 8.28. The molecule has 1 heterocycles. The van der Waals surface area contributed by atoms with Gasteiger partial charge in [0.05, 0.1) is 19.6 Å². The van der Waals surface area contributed by atoms with Crippen LogP contribution >= 0.6 is 0 Å². The molecular formula is C18H25N3O4. The van der Waals surface area contributed by atoms with Crippen molar-refractivity contribution in [1.29, 1.82) is 0 Å². The molecule has 0 aromatic heterocycles. The minimum Gasteiger partial charge on any atom is -0.468 e. The van der Waals surface area contributed by atoms with Crippen molar-refractivity contribution in [2.24, 2.45) is 0 Å². The number of ether oxygens (including phenoxy) is 1. The van der Waals surface area contributed by atoms with Crippen molar-refractivity contribution >= 4 is 17.8 Å². The summed E-state index contributed by atoms with van der Waals surface area (Å²) in [7, 11) is 2.81. The van der Waals surface area contributed by atoms with Crippen molar-refractivity contribution in [3.8, 4) is 0 Å². The summed E-state index contributed by atoms with van der Waals surface area (Å²) in [6.45, 7) is 3.75. The summed E-state index contributed by atoms with van der Waals surface area (Å²) in [5.41, 5.74) is 2.27. The predicted octanol–water partition coefficient (Wildman–Crippen LogP) is 0.317. The lowest BCUT2D eigenvalue weighted by Crippen LogP contribution is -2.56. The quantitative estimate of drug-likeness (QED) is 0.750. The van der Waals surface area contributed by atoms with E-state index in [1.165, 1.54) is 24.6 Å². The number of nitrogens with one attached hydrogen (secondary N) is 1. The molecular weight excluding hydrogens is 322 g/mol. The zero-order chi connectivity index (χ0) is 18.4. The fraction of sp³-hybridized carbons (Fsp3) is 0.500. The minimum absolute atomic E-state index is 0.0329. The molecule has 1 aromatic carbocycles. The summed E-state index contributed by atoms with van der Waals surface area (Å²) < 4.78 is 4.57. The summed E-state index contributed by atoms with van der Waals surface area (Å²) in [5.74, 6) is -0.903. The molecule has 1 aliphatic heterocycles. The van der Waals surface area contributed by atoms with Gasteiger partial charge < -0.3 is 15.0 Å². The molecule has 0 saturated carbocycles. The molecule has 0 bridgehead atoms. The van der Waals surface area contributed by atoms with Crippen molar-refractivity contribution in [2.75, 3.05) is 33.8 Å². The molecule has 1 atom stereocenters. The molecule has 136 valence electrons. The highest BCUT2D eigenvalue weighted by molar-refractivity contribution is 5.90. The van der Waals surface area contributed by atoms with E-state index < -0.39 is 12.0 Å². The molecule has 2 amide bonds. The smallest absolute Gasteiger partial charge is 0.325 e. The Labute approximate surface area is 147 Å². The fourth-order valence-electron chi connectivity index (χ4n) is 2.77. The van der Waals surface area contributed by atoms with Crippen molar-refractivity contribution in [1.82, 2.24) is 15.1 Å². The van der Waals surface area contributed by atoms with Crippen LogP contribution in [0.4, 0.5) is 0 Å². The maximum Gasteiger partial charge on any atom is 0.325 e. The Bertz CT molecular complexity index is 630. The van der Waals surface area contributed by atoms with Crippen LogP contribution in [0.1, 0.15) is 17.5 Å². The Kier molecular flexibility index (Phi) is 6.52. The lowest BCUT2D eigenvalue weighted by Gasteiger charge is -2.35. The van der Waals surface area contributed by atoms with Gasteiger partial charge in [-0.25, -0.2) is 0 Å². The summed E-state index contributed by atoms with van der Waals surface area (Å²) in [6.07, 6.45) is 0.0329. The van der Waals surface area contributed by atoms with Gasteiger partial charge in [0.25, 0.3) is 0 Å². The van der Waals surface area contributed by atoms with Gasteiger partial charge in [0.2, 0.25) is 11.8 Å². The number of methoxy groups -OCH3 is 1. The van der Waals surface area contributed by atoms with Gasteiger partial charge in [-0.15, -0.1) is 0 Å². The van der Waals surface area contributed by atoms with Gasteiger partial charge in [0.15, 0.2) is 0 Å². The van der Waals surface area contributed by atoms with E-state index in [0.29, 0.717) is 19.6 Å². The number of benzene rings is 1. The van der Waals surface area contributed by atoms with Crippen LogP contribution in [0.25, 0.3) is 0 Å². The first-order chi connectivity index (χ1) is 11.9. The summed E-state index contributed by atoms with van der Waals surface area (Å²) in [4.78, 5) is 39.2. The highest BCUT2D eigenvalue weighted by Crippen LogP contribution is 2.15. The van der Waals surface area contributed by atoms with E-state index in [9.17, 15) is 14.4 Å². The molecule has 0 radical (unpaired) electrons. The number of hydrogen-bond acceptors (Lipinski definition) is 5. The Morgan fingerprint density at radius 1 is 1.32 bits per heavy atom. The number of hydrogen-bond donors (Lipinski definition) is 1. The first kappa shape index (κ1) is 18.9. The average molecular weight is 347 g/mol. The van der Waals surface area contributed by atoms with Gasteiger partial charge in [0, 0.05) is 26.7 Å². The molecule has 7 heteroatoms. The predicted molar refractivity (Wildman–Crippen MR) is 92.7 cm³/mol. The maximum absolute atomic E-state index is 12.4. The molecule has 0 spiro atoms. The maximum atomic E-state index is 12.4. The van der Waals surface area contributed by atoms with Gasteiger partial charge in [-0.2, -0.15) is 0 Å². The van der Waals surface area contributed by atoms with Crippen LogP contribution in [0.15, 0.2) is 24.3 Å². The van der Waals surface area contributed by atoms with E-state index in [1.54, 1.807) is 0 Å². The van der Waals surface area contributed by atoms with E-state index in [4.69, 9.17) is 0 Å². The van der Waals surface area contributed by atoms with E-state index in [2.05, 4.69) is 10.1 Å². The number of nitrogens with zero attached hydrogens (tertiary/aromatic N) is 2. The lowest BCUT2D eigenvalue weighted by molar-refractivity contribution is -0.147.